The summed E-state index contributed by atoms with van der Waals surface area (Å²) in [6.45, 7) is 10.6. The second-order valence-electron chi connectivity index (χ2n) is 7.24. The van der Waals surface area contributed by atoms with E-state index in [-0.39, 0.29) is 5.91 Å². The lowest BCUT2D eigenvalue weighted by Crippen LogP contribution is -2.40. The maximum absolute atomic E-state index is 12.2. The highest BCUT2D eigenvalue weighted by Gasteiger charge is 2.09. The SMILES string of the molecule is CCNC(=NCc1cccc(COCc2ccccc2)c1)NCCC(=O)N(CC)CC. The summed E-state index contributed by atoms with van der Waals surface area (Å²) in [5.74, 6) is 0.886. The number of nitrogens with one attached hydrogen (secondary N) is 2. The van der Waals surface area contributed by atoms with Gasteiger partial charge >= 0.3 is 0 Å². The number of amides is 1. The molecule has 0 aliphatic rings. The number of rotatable bonds is 12. The van der Waals surface area contributed by atoms with Gasteiger partial charge in [-0.15, -0.1) is 0 Å². The number of aliphatic imine (C=N–C) groups is 1. The van der Waals surface area contributed by atoms with Crippen LogP contribution >= 0.6 is 0 Å². The lowest BCUT2D eigenvalue weighted by atomic mass is 10.1. The molecule has 0 saturated carbocycles. The van der Waals surface area contributed by atoms with Crippen LogP contribution in [0.4, 0.5) is 0 Å². The van der Waals surface area contributed by atoms with Crippen molar-refractivity contribution in [1.82, 2.24) is 15.5 Å². The number of hydrogen-bond donors (Lipinski definition) is 2. The van der Waals surface area contributed by atoms with Crippen molar-refractivity contribution in [3.05, 3.63) is 71.3 Å². The van der Waals surface area contributed by atoms with E-state index in [0.717, 1.165) is 36.7 Å². The third-order valence-electron chi connectivity index (χ3n) is 4.88. The second-order valence-corrected chi connectivity index (χ2v) is 7.24. The lowest BCUT2D eigenvalue weighted by molar-refractivity contribution is -0.130. The Morgan fingerprint density at radius 1 is 0.903 bits per heavy atom. The number of carbonyl (C=O) groups is 1. The van der Waals surface area contributed by atoms with Crippen molar-refractivity contribution < 1.29 is 9.53 Å². The molecule has 0 bridgehead atoms. The predicted molar refractivity (Wildman–Crippen MR) is 127 cm³/mol. The van der Waals surface area contributed by atoms with Crippen molar-refractivity contribution in [2.45, 2.75) is 47.0 Å². The Morgan fingerprint density at radius 2 is 1.58 bits per heavy atom. The molecule has 0 spiro atoms. The van der Waals surface area contributed by atoms with E-state index in [2.05, 4.69) is 46.0 Å². The van der Waals surface area contributed by atoms with E-state index in [0.29, 0.717) is 32.7 Å². The minimum atomic E-state index is 0.163. The Balaban J connectivity index is 1.84. The van der Waals surface area contributed by atoms with E-state index in [1.165, 1.54) is 5.56 Å². The average molecular weight is 425 g/mol. The van der Waals surface area contributed by atoms with Gasteiger partial charge in [0.2, 0.25) is 5.91 Å². The molecule has 0 heterocycles. The molecule has 0 aliphatic heterocycles. The normalized spacial score (nSPS) is 11.3. The van der Waals surface area contributed by atoms with Gasteiger partial charge in [-0.2, -0.15) is 0 Å². The van der Waals surface area contributed by atoms with Crippen molar-refractivity contribution in [1.29, 1.82) is 0 Å². The highest BCUT2D eigenvalue weighted by molar-refractivity contribution is 5.81. The van der Waals surface area contributed by atoms with Gasteiger partial charge in [0, 0.05) is 32.6 Å². The fourth-order valence-electron chi connectivity index (χ4n) is 3.21. The molecule has 0 fully saturated rings. The van der Waals surface area contributed by atoms with Crippen molar-refractivity contribution in [3.63, 3.8) is 0 Å². The number of nitrogens with zero attached hydrogens (tertiary/aromatic N) is 2. The number of ether oxygens (including phenoxy) is 1. The van der Waals surface area contributed by atoms with E-state index in [1.54, 1.807) is 0 Å². The Hall–Kier alpha value is -2.86. The van der Waals surface area contributed by atoms with Gasteiger partial charge in [0.15, 0.2) is 5.96 Å². The van der Waals surface area contributed by atoms with E-state index in [4.69, 9.17) is 4.74 Å². The third-order valence-corrected chi connectivity index (χ3v) is 4.88. The van der Waals surface area contributed by atoms with Crippen molar-refractivity contribution in [2.24, 2.45) is 4.99 Å². The maximum atomic E-state index is 12.2. The Morgan fingerprint density at radius 3 is 2.29 bits per heavy atom. The summed E-state index contributed by atoms with van der Waals surface area (Å²) >= 11 is 0. The van der Waals surface area contributed by atoms with Crippen LogP contribution in [-0.2, 0) is 29.3 Å². The predicted octanol–water partition coefficient (Wildman–Crippen LogP) is 3.72. The summed E-state index contributed by atoms with van der Waals surface area (Å²) in [7, 11) is 0. The Bertz CT molecular complexity index is 804. The summed E-state index contributed by atoms with van der Waals surface area (Å²) in [6.07, 6.45) is 0.459. The lowest BCUT2D eigenvalue weighted by Gasteiger charge is -2.19. The summed E-state index contributed by atoms with van der Waals surface area (Å²) in [5.41, 5.74) is 3.42. The minimum absolute atomic E-state index is 0.163. The van der Waals surface area contributed by atoms with Gasteiger partial charge in [0.25, 0.3) is 0 Å². The number of guanidine groups is 1. The largest absolute Gasteiger partial charge is 0.372 e. The molecule has 0 radical (unpaired) electrons. The molecular formula is C25H36N4O2. The first-order valence-electron chi connectivity index (χ1n) is 11.2. The monoisotopic (exact) mass is 424 g/mol. The molecule has 2 N–H and O–H groups in total. The van der Waals surface area contributed by atoms with Gasteiger partial charge < -0.3 is 20.3 Å². The average Bonchev–Trinajstić information content (AvgIpc) is 2.79. The molecule has 31 heavy (non-hydrogen) atoms. The number of hydrogen-bond acceptors (Lipinski definition) is 3. The Kier molecular flexibility index (Phi) is 11.2. The second kappa shape index (κ2) is 14.2. The summed E-state index contributed by atoms with van der Waals surface area (Å²) < 4.78 is 5.84. The van der Waals surface area contributed by atoms with Crippen LogP contribution in [-0.4, -0.2) is 42.9 Å². The van der Waals surface area contributed by atoms with Crippen molar-refractivity contribution in [3.8, 4) is 0 Å². The van der Waals surface area contributed by atoms with Crippen molar-refractivity contribution in [2.75, 3.05) is 26.2 Å². The van der Waals surface area contributed by atoms with Crippen LogP contribution in [0.2, 0.25) is 0 Å². The van der Waals surface area contributed by atoms with E-state index in [9.17, 15) is 4.79 Å². The minimum Gasteiger partial charge on any atom is -0.372 e. The summed E-state index contributed by atoms with van der Waals surface area (Å²) in [6, 6.07) is 18.5. The molecule has 168 valence electrons. The van der Waals surface area contributed by atoms with Gasteiger partial charge in [-0.25, -0.2) is 4.99 Å². The fraction of sp³-hybridized carbons (Fsp3) is 0.440. The van der Waals surface area contributed by atoms with Gasteiger partial charge in [0.05, 0.1) is 19.8 Å². The topological polar surface area (TPSA) is 66.0 Å². The van der Waals surface area contributed by atoms with Crippen LogP contribution < -0.4 is 10.6 Å². The zero-order chi connectivity index (χ0) is 22.3. The highest BCUT2D eigenvalue weighted by Crippen LogP contribution is 2.10. The first-order valence-corrected chi connectivity index (χ1v) is 11.2. The fourth-order valence-corrected chi connectivity index (χ4v) is 3.21. The molecule has 0 aromatic heterocycles. The molecule has 6 nitrogen and oxygen atoms in total. The quantitative estimate of drug-likeness (QED) is 0.403. The van der Waals surface area contributed by atoms with Crippen LogP contribution in [0.5, 0.6) is 0 Å². The first-order chi connectivity index (χ1) is 15.2. The van der Waals surface area contributed by atoms with Gasteiger partial charge in [-0.3, -0.25) is 4.79 Å². The van der Waals surface area contributed by atoms with Gasteiger partial charge in [0.1, 0.15) is 0 Å². The highest BCUT2D eigenvalue weighted by atomic mass is 16.5. The van der Waals surface area contributed by atoms with Crippen molar-refractivity contribution >= 4 is 11.9 Å². The molecule has 2 aromatic carbocycles. The molecule has 0 atom stereocenters. The maximum Gasteiger partial charge on any atom is 0.224 e. The Labute approximate surface area is 186 Å². The molecule has 0 saturated heterocycles. The zero-order valence-electron chi connectivity index (χ0n) is 19.1. The molecule has 0 aliphatic carbocycles. The third kappa shape index (κ3) is 9.22. The molecule has 1 amide bonds. The van der Waals surface area contributed by atoms with E-state index >= 15 is 0 Å². The molecule has 6 heteroatoms. The number of carbonyl (C=O) groups excluding carboxylic acids is 1. The van der Waals surface area contributed by atoms with Crippen LogP contribution in [0, 0.1) is 0 Å². The zero-order valence-corrected chi connectivity index (χ0v) is 19.1. The van der Waals surface area contributed by atoms with E-state index < -0.39 is 0 Å². The van der Waals surface area contributed by atoms with Crippen LogP contribution in [0.3, 0.4) is 0 Å². The summed E-state index contributed by atoms with van der Waals surface area (Å²) in [4.78, 5) is 18.7. The molecular weight excluding hydrogens is 388 g/mol. The molecule has 2 rings (SSSR count). The van der Waals surface area contributed by atoms with Gasteiger partial charge in [-0.1, -0.05) is 54.6 Å². The number of benzene rings is 2. The molecule has 0 unspecified atom stereocenters. The summed E-state index contributed by atoms with van der Waals surface area (Å²) in [5, 5.41) is 6.50. The van der Waals surface area contributed by atoms with Crippen LogP contribution in [0.25, 0.3) is 0 Å². The van der Waals surface area contributed by atoms with Crippen LogP contribution in [0.15, 0.2) is 59.6 Å². The van der Waals surface area contributed by atoms with Gasteiger partial charge in [-0.05, 0) is 37.5 Å². The smallest absolute Gasteiger partial charge is 0.224 e. The first kappa shape index (κ1) is 24.4. The standard InChI is InChI=1S/C25H36N4O2/c1-4-26-25(27-16-15-24(30)29(5-2)6-3)28-18-22-13-10-14-23(17-22)20-31-19-21-11-8-7-9-12-21/h7-14,17H,4-6,15-16,18-20H2,1-3H3,(H2,26,27,28). The van der Waals surface area contributed by atoms with E-state index in [1.807, 2.05) is 49.9 Å². The van der Waals surface area contributed by atoms with Crippen LogP contribution in [0.1, 0.15) is 43.9 Å². The molecule has 2 aromatic rings.